The van der Waals surface area contributed by atoms with Gasteiger partial charge in [-0.25, -0.2) is 0 Å². The molecule has 2 atom stereocenters. The number of methoxy groups -OCH3 is 1. The lowest BCUT2D eigenvalue weighted by molar-refractivity contribution is -0.0514. The van der Waals surface area contributed by atoms with E-state index in [4.69, 9.17) is 4.74 Å². The van der Waals surface area contributed by atoms with Gasteiger partial charge in [-0.05, 0) is 52.2 Å². The van der Waals surface area contributed by atoms with Gasteiger partial charge in [0.2, 0.25) is 0 Å². The van der Waals surface area contributed by atoms with Gasteiger partial charge in [0.15, 0.2) is 0 Å². The zero-order valence-corrected chi connectivity index (χ0v) is 12.2. The Morgan fingerprint density at radius 1 is 1.50 bits per heavy atom. The maximum Gasteiger partial charge on any atom is 0.0777 e. The molecule has 0 saturated carbocycles. The van der Waals surface area contributed by atoms with Crippen LogP contribution < -0.4 is 5.32 Å². The van der Waals surface area contributed by atoms with Crippen LogP contribution in [0.5, 0.6) is 0 Å². The molecule has 108 valence electrons. The Morgan fingerprint density at radius 2 is 2.28 bits per heavy atom. The first-order valence-electron chi connectivity index (χ1n) is 7.25. The van der Waals surface area contributed by atoms with E-state index in [0.29, 0.717) is 0 Å². The molecule has 2 N–H and O–H groups in total. The first-order chi connectivity index (χ1) is 8.63. The van der Waals surface area contributed by atoms with E-state index in [1.165, 1.54) is 6.42 Å². The summed E-state index contributed by atoms with van der Waals surface area (Å²) in [7, 11) is 1.81. The van der Waals surface area contributed by atoms with Crippen LogP contribution in [0.15, 0.2) is 0 Å². The van der Waals surface area contributed by atoms with Crippen LogP contribution in [0.25, 0.3) is 0 Å². The van der Waals surface area contributed by atoms with Crippen molar-refractivity contribution in [2.75, 3.05) is 39.9 Å². The molecule has 1 heterocycles. The molecule has 1 saturated heterocycles. The summed E-state index contributed by atoms with van der Waals surface area (Å²) < 4.78 is 5.60. The van der Waals surface area contributed by atoms with Gasteiger partial charge >= 0.3 is 0 Å². The number of aliphatic hydroxyl groups excluding tert-OH is 1. The topological polar surface area (TPSA) is 44.7 Å². The lowest BCUT2D eigenvalue weighted by atomic mass is 9.94. The van der Waals surface area contributed by atoms with Crippen LogP contribution >= 0.6 is 0 Å². The second-order valence-corrected chi connectivity index (χ2v) is 5.66. The molecular formula is C14H30N2O2. The van der Waals surface area contributed by atoms with Crippen molar-refractivity contribution in [2.45, 2.75) is 51.2 Å². The van der Waals surface area contributed by atoms with E-state index in [-0.39, 0.29) is 18.2 Å². The van der Waals surface area contributed by atoms with Crippen molar-refractivity contribution in [1.29, 1.82) is 0 Å². The third kappa shape index (κ3) is 5.22. The number of hydrogen-bond acceptors (Lipinski definition) is 4. The number of likely N-dealkylation sites (tertiary alicyclic amines) is 1. The fourth-order valence-corrected chi connectivity index (χ4v) is 2.61. The summed E-state index contributed by atoms with van der Waals surface area (Å²) >= 11 is 0. The molecule has 0 amide bonds. The lowest BCUT2D eigenvalue weighted by Gasteiger charge is -2.39. The first-order valence-corrected chi connectivity index (χ1v) is 7.25. The monoisotopic (exact) mass is 258 g/mol. The Balaban J connectivity index is 2.29. The number of ether oxygens (including phenoxy) is 1. The predicted molar refractivity (Wildman–Crippen MR) is 74.9 cm³/mol. The highest BCUT2D eigenvalue weighted by atomic mass is 16.5. The Hall–Kier alpha value is -0.160. The molecular weight excluding hydrogens is 228 g/mol. The fourth-order valence-electron chi connectivity index (χ4n) is 2.61. The third-order valence-corrected chi connectivity index (χ3v) is 3.93. The predicted octanol–water partition coefficient (Wildman–Crippen LogP) is 1.24. The van der Waals surface area contributed by atoms with Crippen molar-refractivity contribution in [1.82, 2.24) is 10.2 Å². The summed E-state index contributed by atoms with van der Waals surface area (Å²) in [4.78, 5) is 2.46. The molecule has 0 radical (unpaired) electrons. The minimum absolute atomic E-state index is 0.0177. The van der Waals surface area contributed by atoms with Gasteiger partial charge in [0.1, 0.15) is 0 Å². The number of aliphatic hydroxyl groups is 1. The third-order valence-electron chi connectivity index (χ3n) is 3.93. The molecule has 0 aliphatic carbocycles. The molecule has 2 unspecified atom stereocenters. The maximum atomic E-state index is 9.33. The van der Waals surface area contributed by atoms with Crippen LogP contribution in [0.4, 0.5) is 0 Å². The van der Waals surface area contributed by atoms with Crippen LogP contribution in [0.1, 0.15) is 39.5 Å². The molecule has 4 heteroatoms. The van der Waals surface area contributed by atoms with Crippen molar-refractivity contribution in [2.24, 2.45) is 0 Å². The van der Waals surface area contributed by atoms with Gasteiger partial charge in [0.25, 0.3) is 0 Å². The molecule has 1 rings (SSSR count). The van der Waals surface area contributed by atoms with Crippen molar-refractivity contribution < 1.29 is 9.84 Å². The smallest absolute Gasteiger partial charge is 0.0777 e. The molecule has 0 aromatic heterocycles. The van der Waals surface area contributed by atoms with Crippen LogP contribution in [0.3, 0.4) is 0 Å². The molecule has 0 spiro atoms. The summed E-state index contributed by atoms with van der Waals surface area (Å²) in [5.41, 5.74) is 0.0177. The first kappa shape index (κ1) is 15.9. The number of nitrogens with one attached hydrogen (secondary N) is 1. The Kier molecular flexibility index (Phi) is 7.15. The van der Waals surface area contributed by atoms with Crippen molar-refractivity contribution in [3.8, 4) is 0 Å². The summed E-state index contributed by atoms with van der Waals surface area (Å²) in [5, 5.41) is 12.7. The molecule has 1 aliphatic heterocycles. The van der Waals surface area contributed by atoms with Crippen molar-refractivity contribution in [3.63, 3.8) is 0 Å². The zero-order chi connectivity index (χ0) is 13.4. The van der Waals surface area contributed by atoms with Gasteiger partial charge in [-0.3, -0.25) is 0 Å². The quantitative estimate of drug-likeness (QED) is 0.687. The number of hydrogen-bond donors (Lipinski definition) is 2. The number of piperidine rings is 1. The molecule has 4 nitrogen and oxygen atoms in total. The van der Waals surface area contributed by atoms with Crippen molar-refractivity contribution in [3.05, 3.63) is 0 Å². The molecule has 0 bridgehead atoms. The molecule has 1 fully saturated rings. The fraction of sp³-hybridized carbons (Fsp3) is 1.00. The highest BCUT2D eigenvalue weighted by molar-refractivity contribution is 4.85. The largest absolute Gasteiger partial charge is 0.395 e. The average molecular weight is 258 g/mol. The standard InChI is InChI=1S/C14H30N2O2/c1-4-8-15-13(11-17)6-10-16-9-5-7-14(2,12-16)18-3/h13,15,17H,4-12H2,1-3H3. The van der Waals surface area contributed by atoms with Gasteiger partial charge in [-0.15, -0.1) is 0 Å². The van der Waals surface area contributed by atoms with E-state index in [1.807, 2.05) is 7.11 Å². The Bertz CT molecular complexity index is 226. The zero-order valence-electron chi connectivity index (χ0n) is 12.2. The van der Waals surface area contributed by atoms with Gasteiger partial charge < -0.3 is 20.1 Å². The summed E-state index contributed by atoms with van der Waals surface area (Å²) in [6, 6.07) is 0.237. The Labute approximate surface area is 112 Å². The van der Waals surface area contributed by atoms with E-state index < -0.39 is 0 Å². The van der Waals surface area contributed by atoms with E-state index in [1.54, 1.807) is 0 Å². The summed E-state index contributed by atoms with van der Waals surface area (Å²) in [5.74, 6) is 0. The minimum Gasteiger partial charge on any atom is -0.395 e. The van der Waals surface area contributed by atoms with Gasteiger partial charge in [-0.1, -0.05) is 6.92 Å². The highest BCUT2D eigenvalue weighted by Gasteiger charge is 2.30. The summed E-state index contributed by atoms with van der Waals surface area (Å²) in [6.07, 6.45) is 4.48. The van der Waals surface area contributed by atoms with E-state index in [2.05, 4.69) is 24.1 Å². The SMILES string of the molecule is CCCNC(CO)CCN1CCCC(C)(OC)C1. The lowest BCUT2D eigenvalue weighted by Crippen LogP contribution is -2.48. The van der Waals surface area contributed by atoms with E-state index in [9.17, 15) is 5.11 Å². The van der Waals surface area contributed by atoms with Crippen LogP contribution in [0.2, 0.25) is 0 Å². The Morgan fingerprint density at radius 3 is 2.89 bits per heavy atom. The van der Waals surface area contributed by atoms with Crippen molar-refractivity contribution >= 4 is 0 Å². The second kappa shape index (κ2) is 8.10. The molecule has 1 aliphatic rings. The van der Waals surface area contributed by atoms with Crippen LogP contribution in [-0.2, 0) is 4.74 Å². The molecule has 18 heavy (non-hydrogen) atoms. The number of rotatable bonds is 8. The molecule has 0 aromatic carbocycles. The minimum atomic E-state index is 0.0177. The van der Waals surface area contributed by atoms with Crippen LogP contribution in [0, 0.1) is 0 Å². The average Bonchev–Trinajstić information content (AvgIpc) is 2.39. The maximum absolute atomic E-state index is 9.33. The van der Waals surface area contributed by atoms with E-state index >= 15 is 0 Å². The molecule has 0 aromatic rings. The van der Waals surface area contributed by atoms with Gasteiger partial charge in [0, 0.05) is 19.7 Å². The summed E-state index contributed by atoms with van der Waals surface area (Å²) in [6.45, 7) is 8.77. The van der Waals surface area contributed by atoms with Gasteiger partial charge in [0.05, 0.1) is 12.2 Å². The van der Waals surface area contributed by atoms with Gasteiger partial charge in [-0.2, -0.15) is 0 Å². The van der Waals surface area contributed by atoms with E-state index in [0.717, 1.165) is 45.4 Å². The normalized spacial score (nSPS) is 27.3. The highest BCUT2D eigenvalue weighted by Crippen LogP contribution is 2.23. The van der Waals surface area contributed by atoms with Crippen LogP contribution in [-0.4, -0.2) is 61.5 Å². The number of nitrogens with zero attached hydrogens (tertiary/aromatic N) is 1. The second-order valence-electron chi connectivity index (χ2n) is 5.66.